The summed E-state index contributed by atoms with van der Waals surface area (Å²) in [5.74, 6) is 0.766. The highest BCUT2D eigenvalue weighted by Crippen LogP contribution is 2.34. The van der Waals surface area contributed by atoms with E-state index < -0.39 is 0 Å². The molecule has 29 heavy (non-hydrogen) atoms. The lowest BCUT2D eigenvalue weighted by molar-refractivity contribution is -0.130. The first-order valence-electron chi connectivity index (χ1n) is 9.37. The molecule has 3 amide bonds. The van der Waals surface area contributed by atoms with Gasteiger partial charge in [0.1, 0.15) is 0 Å². The second-order valence-electron chi connectivity index (χ2n) is 6.90. The summed E-state index contributed by atoms with van der Waals surface area (Å²) in [6.45, 7) is 3.69. The predicted molar refractivity (Wildman–Crippen MR) is 105 cm³/mol. The number of fused-ring (bicyclic) bond motifs is 1. The highest BCUT2D eigenvalue weighted by atomic mass is 16.7. The van der Waals surface area contributed by atoms with Gasteiger partial charge in [0.05, 0.1) is 0 Å². The molecule has 2 heterocycles. The second-order valence-corrected chi connectivity index (χ2v) is 6.90. The summed E-state index contributed by atoms with van der Waals surface area (Å²) >= 11 is 0. The van der Waals surface area contributed by atoms with Crippen molar-refractivity contribution < 1.29 is 23.9 Å². The van der Waals surface area contributed by atoms with E-state index in [1.54, 1.807) is 52.3 Å². The van der Waals surface area contributed by atoms with Crippen LogP contribution in [0, 0.1) is 0 Å². The number of carbonyl (C=O) groups is 3. The van der Waals surface area contributed by atoms with Gasteiger partial charge in [0.15, 0.2) is 11.5 Å². The Balaban J connectivity index is 1.43. The molecule has 0 spiro atoms. The molecule has 1 fully saturated rings. The van der Waals surface area contributed by atoms with Crippen molar-refractivity contribution in [1.82, 2.24) is 9.80 Å². The van der Waals surface area contributed by atoms with Gasteiger partial charge in [-0.1, -0.05) is 6.07 Å². The van der Waals surface area contributed by atoms with Gasteiger partial charge in [-0.2, -0.15) is 0 Å². The molecule has 8 heteroatoms. The van der Waals surface area contributed by atoms with Crippen LogP contribution in [0.5, 0.6) is 11.5 Å². The number of benzene rings is 2. The lowest BCUT2D eigenvalue weighted by Gasteiger charge is -2.34. The minimum atomic E-state index is -0.320. The molecule has 0 saturated carbocycles. The average Bonchev–Trinajstić information content (AvgIpc) is 3.21. The number of ether oxygens (including phenoxy) is 2. The fourth-order valence-electron chi connectivity index (χ4n) is 3.38. The van der Waals surface area contributed by atoms with E-state index in [0.717, 1.165) is 0 Å². The molecule has 0 aliphatic carbocycles. The van der Waals surface area contributed by atoms with E-state index in [2.05, 4.69) is 5.32 Å². The first-order valence-corrected chi connectivity index (χ1v) is 9.37. The molecule has 2 aromatic carbocycles. The summed E-state index contributed by atoms with van der Waals surface area (Å²) in [7, 11) is 0. The normalized spacial score (nSPS) is 15.2. The SMILES string of the molecule is CC(=O)N1CCN(C(=O)c2cccc(C(=O)Nc3ccc4c(c3)OCO4)c2)CC1. The Hall–Kier alpha value is -3.55. The van der Waals surface area contributed by atoms with Crippen LogP contribution in [0.2, 0.25) is 0 Å². The van der Waals surface area contributed by atoms with Crippen molar-refractivity contribution in [3.63, 3.8) is 0 Å². The van der Waals surface area contributed by atoms with E-state index >= 15 is 0 Å². The molecule has 1 saturated heterocycles. The second kappa shape index (κ2) is 7.83. The molecule has 2 aromatic rings. The van der Waals surface area contributed by atoms with E-state index in [9.17, 15) is 14.4 Å². The van der Waals surface area contributed by atoms with Crippen LogP contribution in [-0.2, 0) is 4.79 Å². The van der Waals surface area contributed by atoms with Crippen molar-refractivity contribution in [2.75, 3.05) is 38.3 Å². The number of amides is 3. The standard InChI is InChI=1S/C21H21N3O5/c1-14(25)23-7-9-24(10-8-23)21(27)16-4-2-3-15(11-16)20(26)22-17-5-6-18-19(12-17)29-13-28-18/h2-6,11-12H,7-10,13H2,1H3,(H,22,26). The molecule has 2 aliphatic heterocycles. The third kappa shape index (κ3) is 4.01. The third-order valence-electron chi connectivity index (χ3n) is 5.01. The first-order chi connectivity index (χ1) is 14.0. The van der Waals surface area contributed by atoms with E-state index in [-0.39, 0.29) is 24.5 Å². The van der Waals surface area contributed by atoms with Crippen LogP contribution in [0.1, 0.15) is 27.6 Å². The minimum Gasteiger partial charge on any atom is -0.454 e. The Kier molecular flexibility index (Phi) is 5.07. The number of nitrogens with zero attached hydrogens (tertiary/aromatic N) is 2. The third-order valence-corrected chi connectivity index (χ3v) is 5.01. The number of anilines is 1. The number of hydrogen-bond acceptors (Lipinski definition) is 5. The molecule has 8 nitrogen and oxygen atoms in total. The average molecular weight is 395 g/mol. The number of hydrogen-bond donors (Lipinski definition) is 1. The maximum atomic E-state index is 12.8. The lowest BCUT2D eigenvalue weighted by atomic mass is 10.1. The Morgan fingerprint density at radius 2 is 1.55 bits per heavy atom. The topological polar surface area (TPSA) is 88.2 Å². The summed E-state index contributed by atoms with van der Waals surface area (Å²) in [6, 6.07) is 11.8. The zero-order valence-electron chi connectivity index (χ0n) is 16.0. The van der Waals surface area contributed by atoms with Crippen LogP contribution in [0.3, 0.4) is 0 Å². The maximum Gasteiger partial charge on any atom is 0.255 e. The molecule has 0 unspecified atom stereocenters. The Labute approximate surface area is 168 Å². The van der Waals surface area contributed by atoms with Gasteiger partial charge in [0.2, 0.25) is 12.7 Å². The van der Waals surface area contributed by atoms with Crippen molar-refractivity contribution >= 4 is 23.4 Å². The first kappa shape index (κ1) is 18.8. The largest absolute Gasteiger partial charge is 0.454 e. The van der Waals surface area contributed by atoms with Gasteiger partial charge in [-0.05, 0) is 30.3 Å². The predicted octanol–water partition coefficient (Wildman–Crippen LogP) is 1.97. The summed E-state index contributed by atoms with van der Waals surface area (Å²) < 4.78 is 10.6. The van der Waals surface area contributed by atoms with E-state index in [1.165, 1.54) is 6.92 Å². The molecule has 0 bridgehead atoms. The van der Waals surface area contributed by atoms with Crippen molar-refractivity contribution in [3.05, 3.63) is 53.6 Å². The zero-order chi connectivity index (χ0) is 20.4. The van der Waals surface area contributed by atoms with Gasteiger partial charge in [-0.25, -0.2) is 0 Å². The summed E-state index contributed by atoms with van der Waals surface area (Å²) in [5.41, 5.74) is 1.41. The lowest BCUT2D eigenvalue weighted by Crippen LogP contribution is -2.50. The number of nitrogens with one attached hydrogen (secondary N) is 1. The highest BCUT2D eigenvalue weighted by molar-refractivity contribution is 6.06. The fourth-order valence-corrected chi connectivity index (χ4v) is 3.38. The molecule has 0 radical (unpaired) electrons. The molecule has 0 aromatic heterocycles. The highest BCUT2D eigenvalue weighted by Gasteiger charge is 2.24. The molecule has 150 valence electrons. The minimum absolute atomic E-state index is 0.0132. The van der Waals surface area contributed by atoms with Gasteiger partial charge >= 0.3 is 0 Å². The number of piperazine rings is 1. The Morgan fingerprint density at radius 3 is 2.31 bits per heavy atom. The van der Waals surface area contributed by atoms with Crippen LogP contribution in [0.25, 0.3) is 0 Å². The summed E-state index contributed by atoms with van der Waals surface area (Å²) in [6.07, 6.45) is 0. The summed E-state index contributed by atoms with van der Waals surface area (Å²) in [4.78, 5) is 40.3. The number of carbonyl (C=O) groups excluding carboxylic acids is 3. The zero-order valence-corrected chi connectivity index (χ0v) is 16.0. The van der Waals surface area contributed by atoms with Gasteiger partial charge < -0.3 is 24.6 Å². The smallest absolute Gasteiger partial charge is 0.255 e. The van der Waals surface area contributed by atoms with Gasteiger partial charge in [-0.15, -0.1) is 0 Å². The van der Waals surface area contributed by atoms with Gasteiger partial charge in [-0.3, -0.25) is 14.4 Å². The quantitative estimate of drug-likeness (QED) is 0.859. The van der Waals surface area contributed by atoms with Gasteiger partial charge in [0, 0.05) is 56.0 Å². The van der Waals surface area contributed by atoms with Gasteiger partial charge in [0.25, 0.3) is 11.8 Å². The monoisotopic (exact) mass is 395 g/mol. The van der Waals surface area contributed by atoms with Crippen molar-refractivity contribution in [3.8, 4) is 11.5 Å². The van der Waals surface area contributed by atoms with Crippen LogP contribution < -0.4 is 14.8 Å². The molecule has 1 N–H and O–H groups in total. The molecule has 2 aliphatic rings. The molecule has 4 rings (SSSR count). The van der Waals surface area contributed by atoms with Crippen molar-refractivity contribution in [1.29, 1.82) is 0 Å². The van der Waals surface area contributed by atoms with Crippen LogP contribution in [0.15, 0.2) is 42.5 Å². The van der Waals surface area contributed by atoms with E-state index in [0.29, 0.717) is 54.5 Å². The molecule has 0 atom stereocenters. The van der Waals surface area contributed by atoms with E-state index in [4.69, 9.17) is 9.47 Å². The molecular formula is C21H21N3O5. The van der Waals surface area contributed by atoms with E-state index in [1.807, 2.05) is 0 Å². The number of rotatable bonds is 3. The van der Waals surface area contributed by atoms with Crippen LogP contribution in [0.4, 0.5) is 5.69 Å². The summed E-state index contributed by atoms with van der Waals surface area (Å²) in [5, 5.41) is 2.81. The Morgan fingerprint density at radius 1 is 0.862 bits per heavy atom. The Bertz CT molecular complexity index is 967. The molecular weight excluding hydrogens is 374 g/mol. The van der Waals surface area contributed by atoms with Crippen molar-refractivity contribution in [2.24, 2.45) is 0 Å². The maximum absolute atomic E-state index is 12.8. The van der Waals surface area contributed by atoms with Crippen LogP contribution >= 0.6 is 0 Å². The fraction of sp³-hybridized carbons (Fsp3) is 0.286. The van der Waals surface area contributed by atoms with Crippen LogP contribution in [-0.4, -0.2) is 60.5 Å². The van der Waals surface area contributed by atoms with Crippen molar-refractivity contribution in [2.45, 2.75) is 6.92 Å².